The smallest absolute Gasteiger partial charge is 0.122 e. The third kappa shape index (κ3) is 3.41. The summed E-state index contributed by atoms with van der Waals surface area (Å²) in [5.41, 5.74) is 9.57. The predicted octanol–water partition coefficient (Wildman–Crippen LogP) is 4.18. The minimum atomic E-state index is -0.429. The van der Waals surface area contributed by atoms with Gasteiger partial charge in [0.05, 0.1) is 7.11 Å². The molecule has 2 aromatic rings. The van der Waals surface area contributed by atoms with Gasteiger partial charge in [-0.25, -0.2) is 0 Å². The van der Waals surface area contributed by atoms with Gasteiger partial charge in [-0.3, -0.25) is 0 Å². The summed E-state index contributed by atoms with van der Waals surface area (Å²) in [6.07, 6.45) is 0.721. The normalized spacial score (nSPS) is 13.8. The molecule has 0 fully saturated rings. The number of rotatable bonds is 4. The van der Waals surface area contributed by atoms with Gasteiger partial charge in [-0.1, -0.05) is 45.8 Å². The van der Waals surface area contributed by atoms with Crippen molar-refractivity contribution < 1.29 is 4.74 Å². The quantitative estimate of drug-likeness (QED) is 0.910. The lowest BCUT2D eigenvalue weighted by molar-refractivity contribution is 0.399. The summed E-state index contributed by atoms with van der Waals surface area (Å²) in [5.74, 6) is 0.872. The van der Waals surface area contributed by atoms with Gasteiger partial charge >= 0.3 is 0 Å². The Morgan fingerprint density at radius 2 is 1.80 bits per heavy atom. The molecule has 2 rings (SSSR count). The molecule has 1 unspecified atom stereocenters. The van der Waals surface area contributed by atoms with Crippen molar-refractivity contribution in [3.63, 3.8) is 0 Å². The van der Waals surface area contributed by atoms with Crippen LogP contribution in [0, 0.1) is 6.92 Å². The van der Waals surface area contributed by atoms with E-state index < -0.39 is 5.54 Å². The fourth-order valence-electron chi connectivity index (χ4n) is 2.32. The van der Waals surface area contributed by atoms with Crippen molar-refractivity contribution in [2.45, 2.75) is 25.8 Å². The molecule has 0 aliphatic heterocycles. The zero-order valence-corrected chi connectivity index (χ0v) is 13.7. The van der Waals surface area contributed by atoms with Crippen molar-refractivity contribution in [2.24, 2.45) is 5.73 Å². The highest BCUT2D eigenvalue weighted by Crippen LogP contribution is 2.30. The van der Waals surface area contributed by atoms with Crippen LogP contribution in [-0.2, 0) is 12.0 Å². The van der Waals surface area contributed by atoms with E-state index >= 15 is 0 Å². The van der Waals surface area contributed by atoms with E-state index in [0.29, 0.717) is 0 Å². The van der Waals surface area contributed by atoms with Gasteiger partial charge in [0.25, 0.3) is 0 Å². The average Bonchev–Trinajstić information content (AvgIpc) is 2.39. The molecule has 0 amide bonds. The Labute approximate surface area is 129 Å². The molecule has 3 heteroatoms. The van der Waals surface area contributed by atoms with E-state index in [-0.39, 0.29) is 0 Å². The molecule has 0 aliphatic rings. The van der Waals surface area contributed by atoms with Crippen molar-refractivity contribution in [3.8, 4) is 5.75 Å². The number of ether oxygens (including phenoxy) is 1. The van der Waals surface area contributed by atoms with Gasteiger partial charge in [0.2, 0.25) is 0 Å². The maximum atomic E-state index is 6.52. The minimum absolute atomic E-state index is 0.429. The first-order valence-electron chi connectivity index (χ1n) is 6.61. The third-order valence-electron chi connectivity index (χ3n) is 3.51. The number of methoxy groups -OCH3 is 1. The second-order valence-electron chi connectivity index (χ2n) is 5.42. The van der Waals surface area contributed by atoms with Gasteiger partial charge in [-0.2, -0.15) is 0 Å². The maximum Gasteiger partial charge on any atom is 0.122 e. The van der Waals surface area contributed by atoms with Crippen LogP contribution in [0.3, 0.4) is 0 Å². The Morgan fingerprint density at radius 3 is 2.40 bits per heavy atom. The first kappa shape index (κ1) is 15.1. The Bertz CT molecular complexity index is 590. The molecule has 0 heterocycles. The molecule has 20 heavy (non-hydrogen) atoms. The van der Waals surface area contributed by atoms with Gasteiger partial charge in [-0.05, 0) is 49.6 Å². The van der Waals surface area contributed by atoms with E-state index in [4.69, 9.17) is 10.5 Å². The molecule has 1 atom stereocenters. The number of hydrogen-bond donors (Lipinski definition) is 1. The largest absolute Gasteiger partial charge is 0.496 e. The Morgan fingerprint density at radius 1 is 1.15 bits per heavy atom. The highest BCUT2D eigenvalue weighted by Gasteiger charge is 2.23. The average molecular weight is 334 g/mol. The van der Waals surface area contributed by atoms with Crippen LogP contribution in [0.15, 0.2) is 46.9 Å². The molecule has 0 spiro atoms. The van der Waals surface area contributed by atoms with E-state index in [1.54, 1.807) is 7.11 Å². The summed E-state index contributed by atoms with van der Waals surface area (Å²) in [7, 11) is 1.69. The fourth-order valence-corrected chi connectivity index (χ4v) is 2.73. The Hall–Kier alpha value is -1.32. The van der Waals surface area contributed by atoms with Crippen LogP contribution in [0.2, 0.25) is 0 Å². The summed E-state index contributed by atoms with van der Waals surface area (Å²) < 4.78 is 6.46. The van der Waals surface area contributed by atoms with Crippen LogP contribution in [0.4, 0.5) is 0 Å². The number of hydrogen-bond acceptors (Lipinski definition) is 2. The zero-order chi connectivity index (χ0) is 14.8. The second-order valence-corrected chi connectivity index (χ2v) is 6.33. The zero-order valence-electron chi connectivity index (χ0n) is 12.1. The van der Waals surface area contributed by atoms with Crippen LogP contribution >= 0.6 is 15.9 Å². The van der Waals surface area contributed by atoms with E-state index in [2.05, 4.69) is 60.1 Å². The van der Waals surface area contributed by atoms with Crippen molar-refractivity contribution >= 4 is 15.9 Å². The monoisotopic (exact) mass is 333 g/mol. The van der Waals surface area contributed by atoms with Crippen LogP contribution in [-0.4, -0.2) is 7.11 Å². The third-order valence-corrected chi connectivity index (χ3v) is 4.00. The van der Waals surface area contributed by atoms with Crippen molar-refractivity contribution in [1.29, 1.82) is 0 Å². The van der Waals surface area contributed by atoms with Gasteiger partial charge in [0, 0.05) is 10.0 Å². The minimum Gasteiger partial charge on any atom is -0.496 e. The van der Waals surface area contributed by atoms with E-state index in [0.717, 1.165) is 27.8 Å². The summed E-state index contributed by atoms with van der Waals surface area (Å²) in [4.78, 5) is 0. The molecule has 0 radical (unpaired) electrons. The molecule has 0 aromatic heterocycles. The highest BCUT2D eigenvalue weighted by atomic mass is 79.9. The lowest BCUT2D eigenvalue weighted by Gasteiger charge is -2.26. The topological polar surface area (TPSA) is 35.2 Å². The molecule has 0 saturated carbocycles. The molecule has 106 valence electrons. The van der Waals surface area contributed by atoms with Crippen LogP contribution in [0.5, 0.6) is 5.75 Å². The van der Waals surface area contributed by atoms with Crippen LogP contribution in [0.1, 0.15) is 23.6 Å². The summed E-state index contributed by atoms with van der Waals surface area (Å²) in [5, 5.41) is 0. The van der Waals surface area contributed by atoms with E-state index in [1.807, 2.05) is 12.1 Å². The number of nitrogens with two attached hydrogens (primary N) is 1. The molecule has 0 bridgehead atoms. The van der Waals surface area contributed by atoms with Crippen LogP contribution < -0.4 is 10.5 Å². The molecular weight excluding hydrogens is 314 g/mol. The first-order chi connectivity index (χ1) is 9.42. The van der Waals surface area contributed by atoms with Crippen molar-refractivity contribution in [3.05, 3.63) is 63.6 Å². The van der Waals surface area contributed by atoms with Crippen molar-refractivity contribution in [1.82, 2.24) is 0 Å². The van der Waals surface area contributed by atoms with Gasteiger partial charge in [0.1, 0.15) is 5.75 Å². The molecule has 2 N–H and O–H groups in total. The lowest BCUT2D eigenvalue weighted by Crippen LogP contribution is -2.35. The van der Waals surface area contributed by atoms with Gasteiger partial charge in [0.15, 0.2) is 0 Å². The highest BCUT2D eigenvalue weighted by molar-refractivity contribution is 9.10. The fraction of sp³-hybridized carbons (Fsp3) is 0.294. The molecule has 0 saturated heterocycles. The second kappa shape index (κ2) is 5.98. The Kier molecular flexibility index (Phi) is 4.51. The predicted molar refractivity (Wildman–Crippen MR) is 87.1 cm³/mol. The number of halogens is 1. The number of aryl methyl sites for hydroxylation is 1. The first-order valence-corrected chi connectivity index (χ1v) is 7.40. The van der Waals surface area contributed by atoms with Gasteiger partial charge < -0.3 is 10.5 Å². The standard InChI is InChI=1S/C17H20BrNO/c1-12-4-6-14(7-5-12)17(2,19)11-13-10-15(18)8-9-16(13)20-3/h4-10H,11,19H2,1-3H3. The Balaban J connectivity index is 2.32. The maximum absolute atomic E-state index is 6.52. The summed E-state index contributed by atoms with van der Waals surface area (Å²) in [6.45, 7) is 4.13. The molecule has 2 nitrogen and oxygen atoms in total. The van der Waals surface area contributed by atoms with E-state index in [1.165, 1.54) is 5.56 Å². The molecule has 0 aliphatic carbocycles. The van der Waals surface area contributed by atoms with Crippen molar-refractivity contribution in [2.75, 3.05) is 7.11 Å². The van der Waals surface area contributed by atoms with E-state index in [9.17, 15) is 0 Å². The molecular formula is C17H20BrNO. The number of benzene rings is 2. The van der Waals surface area contributed by atoms with Gasteiger partial charge in [-0.15, -0.1) is 0 Å². The SMILES string of the molecule is COc1ccc(Br)cc1CC(C)(N)c1ccc(C)cc1. The lowest BCUT2D eigenvalue weighted by atomic mass is 9.86. The summed E-state index contributed by atoms with van der Waals surface area (Å²) in [6, 6.07) is 14.4. The summed E-state index contributed by atoms with van der Waals surface area (Å²) >= 11 is 3.50. The molecule has 2 aromatic carbocycles. The van der Waals surface area contributed by atoms with Crippen LogP contribution in [0.25, 0.3) is 0 Å².